The van der Waals surface area contributed by atoms with Gasteiger partial charge in [0, 0.05) is 10.2 Å². The molecule has 0 fully saturated rings. The topological polar surface area (TPSA) is 50.9 Å². The Bertz CT molecular complexity index is 621. The Morgan fingerprint density at radius 1 is 1.15 bits per heavy atom. The maximum Gasteiger partial charge on any atom is 0.416 e. The van der Waals surface area contributed by atoms with Gasteiger partial charge in [-0.05, 0) is 42.8 Å². The van der Waals surface area contributed by atoms with Crippen molar-refractivity contribution in [3.63, 3.8) is 0 Å². The van der Waals surface area contributed by atoms with Crippen molar-refractivity contribution in [3.05, 3.63) is 45.9 Å². The third kappa shape index (κ3) is 3.63. The van der Waals surface area contributed by atoms with Crippen molar-refractivity contribution in [1.29, 1.82) is 0 Å². The minimum Gasteiger partial charge on any atom is -0.384 e. The number of hydrogen-bond acceptors (Lipinski definition) is 3. The van der Waals surface area contributed by atoms with Gasteiger partial charge in [-0.15, -0.1) is 0 Å². The van der Waals surface area contributed by atoms with E-state index in [1.165, 1.54) is 0 Å². The van der Waals surface area contributed by atoms with Crippen LogP contribution in [0.1, 0.15) is 11.1 Å². The molecule has 0 saturated heterocycles. The summed E-state index contributed by atoms with van der Waals surface area (Å²) < 4.78 is 38.9. The summed E-state index contributed by atoms with van der Waals surface area (Å²) in [5.41, 5.74) is 6.16. The molecule has 1 heterocycles. The third-order valence-corrected chi connectivity index (χ3v) is 2.94. The molecule has 2 rings (SSSR count). The summed E-state index contributed by atoms with van der Waals surface area (Å²) in [6.07, 6.45) is -4.46. The van der Waals surface area contributed by atoms with Crippen molar-refractivity contribution in [2.24, 2.45) is 0 Å². The second-order valence-electron chi connectivity index (χ2n) is 4.31. The van der Waals surface area contributed by atoms with E-state index in [0.717, 1.165) is 22.2 Å². The molecule has 106 valence electrons. The van der Waals surface area contributed by atoms with E-state index >= 15 is 0 Å². The van der Waals surface area contributed by atoms with Crippen LogP contribution >= 0.6 is 15.9 Å². The van der Waals surface area contributed by atoms with Crippen LogP contribution in [-0.2, 0) is 6.18 Å². The first-order chi connectivity index (χ1) is 9.24. The predicted octanol–water partition coefficient (Wildman–Crippen LogP) is 4.50. The van der Waals surface area contributed by atoms with Crippen molar-refractivity contribution in [2.45, 2.75) is 13.1 Å². The molecule has 0 saturated carbocycles. The standard InChI is InChI=1S/C13H11BrF3N3/c1-7-2-9(14)6-10(3-7)19-12-5-8(13(15,16)17)4-11(18)20-12/h2-6H,1H3,(H3,18,19,20). The number of benzene rings is 1. The van der Waals surface area contributed by atoms with Crippen LogP contribution in [0.3, 0.4) is 0 Å². The molecule has 3 nitrogen and oxygen atoms in total. The molecule has 0 amide bonds. The molecule has 1 aromatic carbocycles. The first-order valence-corrected chi connectivity index (χ1v) is 6.42. The Kier molecular flexibility index (Phi) is 3.89. The quantitative estimate of drug-likeness (QED) is 0.842. The predicted molar refractivity (Wildman–Crippen MR) is 75.8 cm³/mol. The molecule has 1 aromatic heterocycles. The number of rotatable bonds is 2. The maximum absolute atomic E-state index is 12.7. The van der Waals surface area contributed by atoms with Crippen LogP contribution in [0, 0.1) is 6.92 Å². The molecule has 0 aliphatic heterocycles. The number of hydrogen-bond donors (Lipinski definition) is 2. The molecule has 2 aromatic rings. The summed E-state index contributed by atoms with van der Waals surface area (Å²) in [4.78, 5) is 3.85. The summed E-state index contributed by atoms with van der Waals surface area (Å²) in [7, 11) is 0. The lowest BCUT2D eigenvalue weighted by atomic mass is 10.2. The van der Waals surface area contributed by atoms with Crippen molar-refractivity contribution in [1.82, 2.24) is 4.98 Å². The lowest BCUT2D eigenvalue weighted by molar-refractivity contribution is -0.137. The van der Waals surface area contributed by atoms with Gasteiger partial charge in [0.25, 0.3) is 0 Å². The van der Waals surface area contributed by atoms with E-state index in [1.807, 2.05) is 13.0 Å². The van der Waals surface area contributed by atoms with Crippen LogP contribution in [0.5, 0.6) is 0 Å². The summed E-state index contributed by atoms with van der Waals surface area (Å²) in [6, 6.07) is 7.15. The number of pyridine rings is 1. The molecule has 3 N–H and O–H groups in total. The van der Waals surface area contributed by atoms with Crippen LogP contribution in [0.15, 0.2) is 34.8 Å². The van der Waals surface area contributed by atoms with Crippen LogP contribution < -0.4 is 11.1 Å². The first kappa shape index (κ1) is 14.6. The molecule has 20 heavy (non-hydrogen) atoms. The number of halogens is 4. The SMILES string of the molecule is Cc1cc(Br)cc(Nc2cc(C(F)(F)F)cc(N)n2)c1. The summed E-state index contributed by atoms with van der Waals surface area (Å²) in [5, 5.41) is 2.82. The van der Waals surface area contributed by atoms with Gasteiger partial charge in [-0.2, -0.15) is 13.2 Å². The fourth-order valence-electron chi connectivity index (χ4n) is 1.74. The average Bonchev–Trinajstić information content (AvgIpc) is 2.25. The zero-order valence-corrected chi connectivity index (χ0v) is 12.0. The van der Waals surface area contributed by atoms with Gasteiger partial charge in [0.1, 0.15) is 11.6 Å². The molecule has 0 unspecified atom stereocenters. The number of anilines is 3. The van der Waals surface area contributed by atoms with Gasteiger partial charge >= 0.3 is 6.18 Å². The lowest BCUT2D eigenvalue weighted by Gasteiger charge is -2.12. The van der Waals surface area contributed by atoms with Crippen LogP contribution in [-0.4, -0.2) is 4.98 Å². The number of aromatic nitrogens is 1. The fourth-order valence-corrected chi connectivity index (χ4v) is 2.34. The summed E-state index contributed by atoms with van der Waals surface area (Å²) >= 11 is 3.32. The highest BCUT2D eigenvalue weighted by molar-refractivity contribution is 9.10. The van der Waals surface area contributed by atoms with Gasteiger partial charge in [-0.1, -0.05) is 15.9 Å². The Morgan fingerprint density at radius 2 is 1.85 bits per heavy atom. The van der Waals surface area contributed by atoms with Crippen molar-refractivity contribution >= 4 is 33.3 Å². The molecule has 0 bridgehead atoms. The Balaban J connectivity index is 2.36. The van der Waals surface area contributed by atoms with Crippen LogP contribution in [0.25, 0.3) is 0 Å². The van der Waals surface area contributed by atoms with E-state index in [4.69, 9.17) is 5.73 Å². The van der Waals surface area contributed by atoms with E-state index in [9.17, 15) is 13.2 Å². The highest BCUT2D eigenvalue weighted by Gasteiger charge is 2.31. The highest BCUT2D eigenvalue weighted by atomic mass is 79.9. The second kappa shape index (κ2) is 5.32. The third-order valence-electron chi connectivity index (χ3n) is 2.49. The van der Waals surface area contributed by atoms with Crippen molar-refractivity contribution in [3.8, 4) is 0 Å². The molecule has 0 radical (unpaired) electrons. The molecule has 0 aliphatic carbocycles. The minimum absolute atomic E-state index is 0.0508. The minimum atomic E-state index is -4.46. The molecule has 0 aliphatic rings. The van der Waals surface area contributed by atoms with E-state index in [0.29, 0.717) is 5.69 Å². The van der Waals surface area contributed by atoms with Gasteiger partial charge in [0.15, 0.2) is 0 Å². The van der Waals surface area contributed by atoms with Crippen molar-refractivity contribution < 1.29 is 13.2 Å². The molecule has 7 heteroatoms. The Hall–Kier alpha value is -1.76. The highest BCUT2D eigenvalue weighted by Crippen LogP contribution is 2.32. The monoisotopic (exact) mass is 345 g/mol. The second-order valence-corrected chi connectivity index (χ2v) is 5.22. The van der Waals surface area contributed by atoms with E-state index in [-0.39, 0.29) is 11.6 Å². The Morgan fingerprint density at radius 3 is 2.45 bits per heavy atom. The zero-order valence-electron chi connectivity index (χ0n) is 10.4. The van der Waals surface area contributed by atoms with E-state index < -0.39 is 11.7 Å². The number of nitrogens with one attached hydrogen (secondary N) is 1. The van der Waals surface area contributed by atoms with Crippen LogP contribution in [0.2, 0.25) is 0 Å². The summed E-state index contributed by atoms with van der Waals surface area (Å²) in [5.74, 6) is -0.135. The summed E-state index contributed by atoms with van der Waals surface area (Å²) in [6.45, 7) is 1.88. The lowest BCUT2D eigenvalue weighted by Crippen LogP contribution is -2.08. The molecule has 0 atom stereocenters. The normalized spacial score (nSPS) is 11.4. The van der Waals surface area contributed by atoms with Crippen LogP contribution in [0.4, 0.5) is 30.5 Å². The Labute approximate surface area is 122 Å². The molecule has 0 spiro atoms. The van der Waals surface area contributed by atoms with Gasteiger partial charge in [-0.3, -0.25) is 0 Å². The van der Waals surface area contributed by atoms with Gasteiger partial charge < -0.3 is 11.1 Å². The fraction of sp³-hybridized carbons (Fsp3) is 0.154. The number of aryl methyl sites for hydroxylation is 1. The number of nitrogens with zero attached hydrogens (tertiary/aromatic N) is 1. The van der Waals surface area contributed by atoms with Crippen molar-refractivity contribution in [2.75, 3.05) is 11.1 Å². The molecular weight excluding hydrogens is 335 g/mol. The number of alkyl halides is 3. The average molecular weight is 346 g/mol. The number of nitrogen functional groups attached to an aromatic ring is 1. The first-order valence-electron chi connectivity index (χ1n) is 5.63. The van der Waals surface area contributed by atoms with E-state index in [1.54, 1.807) is 12.1 Å². The zero-order chi connectivity index (χ0) is 14.9. The van der Waals surface area contributed by atoms with Gasteiger partial charge in [-0.25, -0.2) is 4.98 Å². The maximum atomic E-state index is 12.7. The molecular formula is C13H11BrF3N3. The van der Waals surface area contributed by atoms with E-state index in [2.05, 4.69) is 26.2 Å². The number of nitrogens with two attached hydrogens (primary N) is 1. The van der Waals surface area contributed by atoms with Gasteiger partial charge in [0.05, 0.1) is 5.56 Å². The smallest absolute Gasteiger partial charge is 0.384 e. The largest absolute Gasteiger partial charge is 0.416 e. The van der Waals surface area contributed by atoms with Gasteiger partial charge in [0.2, 0.25) is 0 Å².